The van der Waals surface area contributed by atoms with Crippen LogP contribution in [0.25, 0.3) is 0 Å². The lowest BCUT2D eigenvalue weighted by Gasteiger charge is -2.16. The first-order valence-electron chi connectivity index (χ1n) is 6.63. The van der Waals surface area contributed by atoms with Crippen LogP contribution in [-0.2, 0) is 4.79 Å². The molecule has 1 fully saturated rings. The minimum absolute atomic E-state index is 0.00910. The van der Waals surface area contributed by atoms with Crippen LogP contribution < -0.4 is 5.32 Å². The molecule has 5 nitrogen and oxygen atoms in total. The lowest BCUT2D eigenvalue weighted by molar-refractivity contribution is -0.142. The Bertz CT molecular complexity index is 545. The summed E-state index contributed by atoms with van der Waals surface area (Å²) in [6.07, 6.45) is 2.42. The molecule has 0 bridgehead atoms. The van der Waals surface area contributed by atoms with Crippen LogP contribution in [0.4, 0.5) is 0 Å². The predicted octanol–water partition coefficient (Wildman–Crippen LogP) is 1.79. The van der Waals surface area contributed by atoms with Crippen LogP contribution >= 0.6 is 0 Å². The van der Waals surface area contributed by atoms with E-state index in [1.54, 1.807) is 24.3 Å². The van der Waals surface area contributed by atoms with Crippen molar-refractivity contribution in [3.63, 3.8) is 0 Å². The quantitative estimate of drug-likeness (QED) is 0.874. The molecule has 20 heavy (non-hydrogen) atoms. The maximum absolute atomic E-state index is 11.9. The molecule has 1 amide bonds. The number of nitriles is 1. The standard InChI is InChI=1S/C15H16N2O3/c16-8-10-4-6-11(7-5-10)14(18)17-9-12-2-1-3-13(12)15(19)20/h4-7,12-13H,1-3,9H2,(H,17,18)(H,19,20). The largest absolute Gasteiger partial charge is 0.481 e. The van der Waals surface area contributed by atoms with Crippen molar-refractivity contribution in [3.05, 3.63) is 35.4 Å². The smallest absolute Gasteiger partial charge is 0.306 e. The van der Waals surface area contributed by atoms with Gasteiger partial charge in [-0.1, -0.05) is 6.42 Å². The zero-order valence-corrected chi connectivity index (χ0v) is 11.0. The van der Waals surface area contributed by atoms with Gasteiger partial charge in [-0.3, -0.25) is 9.59 Å². The Hall–Kier alpha value is -2.35. The molecular weight excluding hydrogens is 256 g/mol. The minimum atomic E-state index is -0.778. The first kappa shape index (κ1) is 14.1. The summed E-state index contributed by atoms with van der Waals surface area (Å²) in [5.41, 5.74) is 0.983. The maximum atomic E-state index is 11.9. The van der Waals surface area contributed by atoms with Crippen LogP contribution in [-0.4, -0.2) is 23.5 Å². The third-order valence-corrected chi connectivity index (χ3v) is 3.78. The Morgan fingerprint density at radius 2 is 2.00 bits per heavy atom. The van der Waals surface area contributed by atoms with Crippen molar-refractivity contribution in [3.8, 4) is 6.07 Å². The van der Waals surface area contributed by atoms with Crippen molar-refractivity contribution in [2.45, 2.75) is 19.3 Å². The molecule has 1 aromatic carbocycles. The van der Waals surface area contributed by atoms with E-state index >= 15 is 0 Å². The van der Waals surface area contributed by atoms with Gasteiger partial charge in [0.1, 0.15) is 0 Å². The van der Waals surface area contributed by atoms with Gasteiger partial charge < -0.3 is 10.4 Å². The number of carbonyl (C=O) groups is 2. The summed E-state index contributed by atoms with van der Waals surface area (Å²) in [7, 11) is 0. The number of carbonyl (C=O) groups excluding carboxylic acids is 1. The molecule has 0 aliphatic heterocycles. The molecule has 5 heteroatoms. The molecule has 1 aromatic rings. The minimum Gasteiger partial charge on any atom is -0.481 e. The molecule has 0 radical (unpaired) electrons. The number of hydrogen-bond donors (Lipinski definition) is 2. The van der Waals surface area contributed by atoms with Crippen molar-refractivity contribution in [2.75, 3.05) is 6.54 Å². The molecule has 2 unspecified atom stereocenters. The van der Waals surface area contributed by atoms with Crippen molar-refractivity contribution in [2.24, 2.45) is 11.8 Å². The third-order valence-electron chi connectivity index (χ3n) is 3.78. The summed E-state index contributed by atoms with van der Waals surface area (Å²) < 4.78 is 0. The van der Waals surface area contributed by atoms with E-state index in [9.17, 15) is 9.59 Å². The van der Waals surface area contributed by atoms with E-state index in [1.165, 1.54) is 0 Å². The molecule has 104 valence electrons. The van der Waals surface area contributed by atoms with Crippen LogP contribution in [0.5, 0.6) is 0 Å². The molecule has 0 spiro atoms. The molecule has 0 saturated heterocycles. The number of carboxylic acid groups (broad SMARTS) is 1. The van der Waals surface area contributed by atoms with Crippen molar-refractivity contribution in [1.82, 2.24) is 5.32 Å². The second kappa shape index (κ2) is 6.20. The van der Waals surface area contributed by atoms with Crippen LogP contribution in [0.1, 0.15) is 35.2 Å². The van der Waals surface area contributed by atoms with E-state index in [0.29, 0.717) is 24.1 Å². The van der Waals surface area contributed by atoms with Gasteiger partial charge in [0, 0.05) is 12.1 Å². The van der Waals surface area contributed by atoms with Gasteiger partial charge in [0.2, 0.25) is 0 Å². The van der Waals surface area contributed by atoms with E-state index in [4.69, 9.17) is 10.4 Å². The average molecular weight is 272 g/mol. The number of aliphatic carboxylic acids is 1. The van der Waals surface area contributed by atoms with E-state index in [-0.39, 0.29) is 17.7 Å². The van der Waals surface area contributed by atoms with E-state index in [2.05, 4.69) is 5.32 Å². The number of amides is 1. The molecular formula is C15H16N2O3. The lowest BCUT2D eigenvalue weighted by atomic mass is 9.96. The Morgan fingerprint density at radius 1 is 1.30 bits per heavy atom. The van der Waals surface area contributed by atoms with Crippen LogP contribution in [0.3, 0.4) is 0 Å². The summed E-state index contributed by atoms with van der Waals surface area (Å²) in [5.74, 6) is -1.35. The van der Waals surface area contributed by atoms with Gasteiger partial charge in [-0.05, 0) is 43.0 Å². The number of carboxylic acids is 1. The highest BCUT2D eigenvalue weighted by Gasteiger charge is 2.32. The van der Waals surface area contributed by atoms with Gasteiger partial charge in [0.15, 0.2) is 0 Å². The summed E-state index contributed by atoms with van der Waals surface area (Å²) in [6, 6.07) is 8.36. The van der Waals surface area contributed by atoms with Crippen molar-refractivity contribution < 1.29 is 14.7 Å². The van der Waals surface area contributed by atoms with Crippen molar-refractivity contribution >= 4 is 11.9 Å². The summed E-state index contributed by atoms with van der Waals surface area (Å²) >= 11 is 0. The van der Waals surface area contributed by atoms with Crippen LogP contribution in [0.2, 0.25) is 0 Å². The Balaban J connectivity index is 1.91. The molecule has 2 atom stereocenters. The topological polar surface area (TPSA) is 90.2 Å². The summed E-state index contributed by atoms with van der Waals surface area (Å²) in [6.45, 7) is 0.385. The van der Waals surface area contributed by atoms with E-state index in [1.807, 2.05) is 6.07 Å². The highest BCUT2D eigenvalue weighted by atomic mass is 16.4. The Labute approximate surface area is 117 Å². The second-order valence-electron chi connectivity index (χ2n) is 5.03. The molecule has 0 heterocycles. The predicted molar refractivity (Wildman–Crippen MR) is 72.0 cm³/mol. The first-order chi connectivity index (χ1) is 9.61. The van der Waals surface area contributed by atoms with Crippen LogP contribution in [0, 0.1) is 23.2 Å². The molecule has 2 N–H and O–H groups in total. The zero-order valence-electron chi connectivity index (χ0n) is 11.0. The number of hydrogen-bond acceptors (Lipinski definition) is 3. The zero-order chi connectivity index (χ0) is 14.5. The maximum Gasteiger partial charge on any atom is 0.306 e. The van der Waals surface area contributed by atoms with Gasteiger partial charge in [-0.2, -0.15) is 5.26 Å². The monoisotopic (exact) mass is 272 g/mol. The fourth-order valence-corrected chi connectivity index (χ4v) is 2.63. The fourth-order valence-electron chi connectivity index (χ4n) is 2.63. The number of nitrogens with zero attached hydrogens (tertiary/aromatic N) is 1. The second-order valence-corrected chi connectivity index (χ2v) is 5.03. The van der Waals surface area contributed by atoms with Crippen molar-refractivity contribution in [1.29, 1.82) is 5.26 Å². The normalized spacial score (nSPS) is 21.1. The van der Waals surface area contributed by atoms with Gasteiger partial charge in [-0.15, -0.1) is 0 Å². The first-order valence-corrected chi connectivity index (χ1v) is 6.63. The van der Waals surface area contributed by atoms with E-state index in [0.717, 1.165) is 12.8 Å². The fraction of sp³-hybridized carbons (Fsp3) is 0.400. The summed E-state index contributed by atoms with van der Waals surface area (Å²) in [5, 5.41) is 20.5. The highest BCUT2D eigenvalue weighted by molar-refractivity contribution is 5.94. The molecule has 1 saturated carbocycles. The molecule has 1 aliphatic rings. The SMILES string of the molecule is N#Cc1ccc(C(=O)NCC2CCCC2C(=O)O)cc1. The molecule has 0 aromatic heterocycles. The Kier molecular flexibility index (Phi) is 4.36. The van der Waals surface area contributed by atoms with Gasteiger partial charge in [0.25, 0.3) is 5.91 Å². The van der Waals surface area contributed by atoms with Gasteiger partial charge >= 0.3 is 5.97 Å². The van der Waals surface area contributed by atoms with Crippen LogP contribution in [0.15, 0.2) is 24.3 Å². The number of nitrogens with one attached hydrogen (secondary N) is 1. The summed E-state index contributed by atoms with van der Waals surface area (Å²) in [4.78, 5) is 23.0. The average Bonchev–Trinajstić information content (AvgIpc) is 2.93. The molecule has 2 rings (SSSR count). The highest BCUT2D eigenvalue weighted by Crippen LogP contribution is 2.31. The lowest BCUT2D eigenvalue weighted by Crippen LogP contribution is -2.33. The Morgan fingerprint density at radius 3 is 2.60 bits per heavy atom. The third kappa shape index (κ3) is 3.15. The van der Waals surface area contributed by atoms with Gasteiger partial charge in [-0.25, -0.2) is 0 Å². The number of benzene rings is 1. The molecule has 1 aliphatic carbocycles. The van der Waals surface area contributed by atoms with Gasteiger partial charge in [0.05, 0.1) is 17.6 Å². The number of rotatable bonds is 4. The van der Waals surface area contributed by atoms with E-state index < -0.39 is 5.97 Å².